The molecule has 48 heavy (non-hydrogen) atoms. The number of amides is 1. The minimum absolute atomic E-state index is 0.0459. The van der Waals surface area contributed by atoms with Gasteiger partial charge in [0.25, 0.3) is 5.91 Å². The molecule has 4 aromatic rings. The van der Waals surface area contributed by atoms with E-state index in [1.54, 1.807) is 17.0 Å². The van der Waals surface area contributed by atoms with Crippen LogP contribution in [0.3, 0.4) is 0 Å². The summed E-state index contributed by atoms with van der Waals surface area (Å²) < 4.78 is 44.1. The van der Waals surface area contributed by atoms with Crippen LogP contribution in [0.25, 0.3) is 11.0 Å². The number of nitrogens with one attached hydrogen (secondary N) is 1. The van der Waals surface area contributed by atoms with E-state index in [9.17, 15) is 17.8 Å². The normalized spacial score (nSPS) is 23.1. The zero-order chi connectivity index (χ0) is 33.6. The van der Waals surface area contributed by atoms with E-state index in [1.165, 1.54) is 37.6 Å². The molecule has 3 fully saturated rings. The highest BCUT2D eigenvalue weighted by atomic mass is 35.5. The second-order valence-electron chi connectivity index (χ2n) is 13.4. The van der Waals surface area contributed by atoms with Gasteiger partial charge in [0.2, 0.25) is 0 Å². The van der Waals surface area contributed by atoms with Crippen molar-refractivity contribution in [2.75, 3.05) is 26.7 Å². The number of benzene rings is 3. The average Bonchev–Trinajstić information content (AvgIpc) is 3.54. The molecule has 3 aliphatic heterocycles. The second-order valence-corrected chi connectivity index (χ2v) is 15.0. The molecule has 4 atom stereocenters. The van der Waals surface area contributed by atoms with Crippen LogP contribution in [0.1, 0.15) is 72.7 Å². The van der Waals surface area contributed by atoms with Crippen molar-refractivity contribution in [3.8, 4) is 0 Å². The largest absolute Gasteiger partial charge is 0.339 e. The second kappa shape index (κ2) is 13.6. The lowest BCUT2D eigenvalue weighted by Gasteiger charge is -2.45. The fraction of sp³-hybridized carbons (Fsp3) is 0.444. The fourth-order valence-electron chi connectivity index (χ4n) is 8.56. The lowest BCUT2D eigenvalue weighted by molar-refractivity contribution is 0.0606. The van der Waals surface area contributed by atoms with Crippen molar-refractivity contribution in [2.24, 2.45) is 0 Å². The summed E-state index contributed by atoms with van der Waals surface area (Å²) in [6, 6.07) is 18.9. The third-order valence-electron chi connectivity index (χ3n) is 10.9. The summed E-state index contributed by atoms with van der Waals surface area (Å²) in [6.07, 6.45) is 6.66. The van der Waals surface area contributed by atoms with E-state index < -0.39 is 16.8 Å². The summed E-state index contributed by atoms with van der Waals surface area (Å²) in [5, 5.41) is -0.0459. The number of likely N-dealkylation sites (tertiary alicyclic amines) is 1. The molecule has 1 amide bonds. The number of carbonyl (C=O) groups excluding carboxylic acids is 1. The molecule has 12 heteroatoms. The molecule has 3 aromatic carbocycles. The summed E-state index contributed by atoms with van der Waals surface area (Å²) in [4.78, 5) is 29.6. The third-order valence-corrected chi connectivity index (χ3v) is 12.2. The molecular weight excluding hydrogens is 656 g/mol. The van der Waals surface area contributed by atoms with Crippen LogP contribution in [0.2, 0.25) is 5.02 Å². The van der Waals surface area contributed by atoms with E-state index in [2.05, 4.69) is 44.3 Å². The standard InChI is InChI=1S/C36H40ClF2N5O3S/c1-23-40-32-8-3-4-9-33(32)44(23)28-19-26-10-11-27(20-28)43(26)17-14-36(24-6-5-7-25(38)18-24)12-15-42(16-13-36)35(45)29-21-34(48(46)41-47-2)31(39)22-30(29)37/h3-9,18,21-22,26-28,41H,10-17,19-20H2,1-2H3/t26-,27+,28?,48?. The molecule has 0 saturated carbocycles. The van der Waals surface area contributed by atoms with Gasteiger partial charge in [0.1, 0.15) is 17.5 Å². The van der Waals surface area contributed by atoms with Gasteiger partial charge < -0.3 is 9.47 Å². The molecule has 0 radical (unpaired) electrons. The number of halogens is 3. The van der Waals surface area contributed by atoms with Crippen LogP contribution in [0.5, 0.6) is 0 Å². The van der Waals surface area contributed by atoms with Gasteiger partial charge >= 0.3 is 0 Å². The van der Waals surface area contributed by atoms with E-state index in [1.807, 2.05) is 12.1 Å². The maximum absolute atomic E-state index is 14.6. The van der Waals surface area contributed by atoms with E-state index in [0.29, 0.717) is 44.1 Å². The number of carbonyl (C=O) groups is 1. The van der Waals surface area contributed by atoms with Crippen molar-refractivity contribution in [1.82, 2.24) is 24.2 Å². The van der Waals surface area contributed by atoms with Gasteiger partial charge in [0.15, 0.2) is 11.0 Å². The van der Waals surface area contributed by atoms with Crippen molar-refractivity contribution in [3.63, 3.8) is 0 Å². The number of aromatic nitrogens is 2. The van der Waals surface area contributed by atoms with Crippen LogP contribution in [0.15, 0.2) is 65.6 Å². The number of aryl methyl sites for hydroxylation is 1. The summed E-state index contributed by atoms with van der Waals surface area (Å²) in [5.41, 5.74) is 2.98. The number of hydrogen-bond acceptors (Lipinski definition) is 5. The Hall–Kier alpha value is -3.22. The predicted octanol–water partition coefficient (Wildman–Crippen LogP) is 6.88. The quantitative estimate of drug-likeness (QED) is 0.193. The molecule has 2 bridgehead atoms. The van der Waals surface area contributed by atoms with Gasteiger partial charge in [-0.15, -0.1) is 4.89 Å². The summed E-state index contributed by atoms with van der Waals surface area (Å²) in [5.74, 6) is -0.350. The highest BCUT2D eigenvalue weighted by molar-refractivity contribution is 7.83. The molecule has 8 nitrogen and oxygen atoms in total. The van der Waals surface area contributed by atoms with Gasteiger partial charge in [0, 0.05) is 31.2 Å². The van der Waals surface area contributed by atoms with Gasteiger partial charge in [-0.1, -0.05) is 35.9 Å². The Bertz CT molecular complexity index is 1850. The van der Waals surface area contributed by atoms with Crippen LogP contribution in [0, 0.1) is 18.6 Å². The van der Waals surface area contributed by atoms with Crippen molar-refractivity contribution < 1.29 is 22.6 Å². The number of fused-ring (bicyclic) bond motifs is 3. The number of rotatable bonds is 9. The Morgan fingerprint density at radius 1 is 1.04 bits per heavy atom. The minimum atomic E-state index is -2.02. The van der Waals surface area contributed by atoms with Gasteiger partial charge in [-0.05, 0) is 106 Å². The number of imidazole rings is 1. The average molecular weight is 696 g/mol. The van der Waals surface area contributed by atoms with E-state index in [4.69, 9.17) is 16.6 Å². The molecule has 7 rings (SSSR count). The first-order chi connectivity index (χ1) is 23.2. The first kappa shape index (κ1) is 33.3. The van der Waals surface area contributed by atoms with Crippen LogP contribution in [0.4, 0.5) is 8.78 Å². The number of piperidine rings is 2. The molecule has 1 N–H and O–H groups in total. The van der Waals surface area contributed by atoms with Crippen LogP contribution in [-0.4, -0.2) is 68.3 Å². The molecule has 0 aliphatic carbocycles. The summed E-state index contributed by atoms with van der Waals surface area (Å²) in [6.45, 7) is 3.87. The van der Waals surface area contributed by atoms with Gasteiger partial charge in [-0.3, -0.25) is 14.5 Å². The lowest BCUT2D eigenvalue weighted by atomic mass is 9.70. The molecule has 254 valence electrons. The first-order valence-electron chi connectivity index (χ1n) is 16.6. The van der Waals surface area contributed by atoms with Crippen LogP contribution < -0.4 is 4.89 Å². The first-order valence-corrected chi connectivity index (χ1v) is 18.1. The maximum atomic E-state index is 14.6. The maximum Gasteiger partial charge on any atom is 0.255 e. The lowest BCUT2D eigenvalue weighted by Crippen LogP contribution is -2.49. The molecular formula is C36H40ClF2N5O3S. The molecule has 2 unspecified atom stereocenters. The molecule has 3 aliphatic rings. The zero-order valence-electron chi connectivity index (χ0n) is 27.1. The number of hydrogen-bond donors (Lipinski definition) is 1. The SMILES string of the molecule is CONS(=O)c1cc(C(=O)N2CCC(CCN3[C@@H]4CC[C@H]3CC(n3c(C)nc5ccccc53)C4)(c3cccc(F)c3)CC2)c(Cl)cc1F. The van der Waals surface area contributed by atoms with Gasteiger partial charge in [-0.25, -0.2) is 18.0 Å². The smallest absolute Gasteiger partial charge is 0.255 e. The number of nitrogens with zero attached hydrogens (tertiary/aromatic N) is 4. The Morgan fingerprint density at radius 2 is 1.77 bits per heavy atom. The van der Waals surface area contributed by atoms with E-state index in [0.717, 1.165) is 48.8 Å². The highest BCUT2D eigenvalue weighted by Crippen LogP contribution is 2.45. The Kier molecular flexibility index (Phi) is 9.42. The van der Waals surface area contributed by atoms with Crippen LogP contribution >= 0.6 is 11.6 Å². The van der Waals surface area contributed by atoms with E-state index in [-0.39, 0.29) is 32.6 Å². The monoisotopic (exact) mass is 695 g/mol. The molecule has 0 spiro atoms. The predicted molar refractivity (Wildman–Crippen MR) is 182 cm³/mol. The highest BCUT2D eigenvalue weighted by Gasteiger charge is 2.44. The van der Waals surface area contributed by atoms with Crippen molar-refractivity contribution >= 4 is 39.5 Å². The Balaban J connectivity index is 1.08. The fourth-order valence-corrected chi connectivity index (χ4v) is 9.49. The van der Waals surface area contributed by atoms with E-state index >= 15 is 0 Å². The Morgan fingerprint density at radius 3 is 2.48 bits per heavy atom. The Labute approximate surface area is 286 Å². The van der Waals surface area contributed by atoms with Gasteiger partial charge in [0.05, 0.1) is 33.6 Å². The topological polar surface area (TPSA) is 79.7 Å². The summed E-state index contributed by atoms with van der Waals surface area (Å²) >= 11 is 6.33. The third kappa shape index (κ3) is 6.20. The van der Waals surface area contributed by atoms with Crippen LogP contribution in [-0.2, 0) is 21.2 Å². The molecule has 1 aromatic heterocycles. The minimum Gasteiger partial charge on any atom is -0.339 e. The summed E-state index contributed by atoms with van der Waals surface area (Å²) in [7, 11) is -0.750. The molecule has 3 saturated heterocycles. The number of para-hydroxylation sites is 2. The van der Waals surface area contributed by atoms with Crippen molar-refractivity contribution in [3.05, 3.63) is 94.3 Å². The molecule has 4 heterocycles. The zero-order valence-corrected chi connectivity index (χ0v) is 28.7. The van der Waals surface area contributed by atoms with Gasteiger partial charge in [-0.2, -0.15) is 0 Å². The van der Waals surface area contributed by atoms with Crippen molar-refractivity contribution in [1.29, 1.82) is 0 Å². The van der Waals surface area contributed by atoms with Crippen molar-refractivity contribution in [2.45, 2.75) is 80.3 Å².